The molecule has 0 bridgehead atoms. The van der Waals surface area contributed by atoms with E-state index >= 15 is 0 Å². The minimum Gasteiger partial charge on any atom is -0.260 e. The van der Waals surface area contributed by atoms with Crippen molar-refractivity contribution in [2.24, 2.45) is 0 Å². The summed E-state index contributed by atoms with van der Waals surface area (Å²) in [5.74, 6) is 0. The van der Waals surface area contributed by atoms with Crippen LogP contribution in [0, 0.1) is 0 Å². The molecule has 0 aromatic carbocycles. The van der Waals surface area contributed by atoms with E-state index in [0.717, 1.165) is 11.4 Å². The van der Waals surface area contributed by atoms with Crippen LogP contribution >= 0.6 is 23.5 Å². The van der Waals surface area contributed by atoms with Crippen molar-refractivity contribution in [1.82, 2.24) is 29.9 Å². The van der Waals surface area contributed by atoms with Gasteiger partial charge in [0.15, 0.2) is 10.3 Å². The van der Waals surface area contributed by atoms with Gasteiger partial charge in [-0.25, -0.2) is 24.9 Å². The van der Waals surface area contributed by atoms with E-state index in [9.17, 15) is 0 Å². The first kappa shape index (κ1) is 14.9. The average molecular weight is 328 g/mol. The molecular weight excluding hydrogens is 316 g/mol. The second kappa shape index (κ2) is 6.80. The Bertz CT molecular complexity index is 733. The van der Waals surface area contributed by atoms with Crippen molar-refractivity contribution in [2.75, 3.05) is 12.5 Å². The first-order chi connectivity index (χ1) is 10.8. The van der Waals surface area contributed by atoms with Gasteiger partial charge in [-0.15, -0.1) is 0 Å². The Hall–Kier alpha value is -2.06. The second-order valence-corrected chi connectivity index (χ2v) is 5.69. The van der Waals surface area contributed by atoms with Gasteiger partial charge >= 0.3 is 0 Å². The number of nitrogens with zero attached hydrogens (tertiary/aromatic N) is 6. The Balaban J connectivity index is 2.01. The summed E-state index contributed by atoms with van der Waals surface area (Å²) in [5, 5.41) is 1.41. The predicted octanol–water partition coefficient (Wildman–Crippen LogP) is 2.83. The molecule has 0 aliphatic carbocycles. The number of aromatic nitrogens is 6. The Morgan fingerprint density at radius 3 is 1.64 bits per heavy atom. The van der Waals surface area contributed by atoms with Gasteiger partial charge in [0.1, 0.15) is 11.4 Å². The molecule has 0 fully saturated rings. The summed E-state index contributed by atoms with van der Waals surface area (Å²) in [6, 6.07) is 3.64. The fraction of sp³-hybridized carbons (Fsp3) is 0.143. The molecule has 6 nitrogen and oxygen atoms in total. The fourth-order valence-corrected chi connectivity index (χ4v) is 2.49. The van der Waals surface area contributed by atoms with E-state index in [1.54, 1.807) is 24.8 Å². The summed E-state index contributed by atoms with van der Waals surface area (Å²) >= 11 is 2.98. The van der Waals surface area contributed by atoms with Crippen molar-refractivity contribution in [2.45, 2.75) is 10.3 Å². The van der Waals surface area contributed by atoms with Gasteiger partial charge in [0.05, 0.1) is 23.8 Å². The van der Waals surface area contributed by atoms with Crippen molar-refractivity contribution in [1.29, 1.82) is 0 Å². The molecule has 110 valence electrons. The molecule has 0 aliphatic rings. The smallest absolute Gasteiger partial charge is 0.187 e. The van der Waals surface area contributed by atoms with Gasteiger partial charge in [0.2, 0.25) is 0 Å². The maximum Gasteiger partial charge on any atom is 0.187 e. The molecule has 0 radical (unpaired) electrons. The molecule has 0 aliphatic heterocycles. The van der Waals surface area contributed by atoms with Crippen LogP contribution in [0.1, 0.15) is 0 Å². The zero-order valence-electron chi connectivity index (χ0n) is 12.0. The zero-order chi connectivity index (χ0) is 15.4. The topological polar surface area (TPSA) is 77.3 Å². The Kier molecular flexibility index (Phi) is 4.59. The van der Waals surface area contributed by atoms with E-state index < -0.39 is 0 Å². The summed E-state index contributed by atoms with van der Waals surface area (Å²) < 4.78 is 0. The third kappa shape index (κ3) is 3.23. The van der Waals surface area contributed by atoms with E-state index in [1.165, 1.54) is 23.5 Å². The summed E-state index contributed by atoms with van der Waals surface area (Å²) in [6.45, 7) is 0. The maximum atomic E-state index is 4.60. The largest absolute Gasteiger partial charge is 0.260 e. The van der Waals surface area contributed by atoms with Gasteiger partial charge in [0.25, 0.3) is 0 Å². The molecule has 3 heterocycles. The SMILES string of the molecule is CSc1nccc(-c2cncc(-c3ccnc(SC)n3)n2)n1. The highest BCUT2D eigenvalue weighted by Crippen LogP contribution is 2.21. The molecule has 0 saturated heterocycles. The summed E-state index contributed by atoms with van der Waals surface area (Å²) in [5.41, 5.74) is 2.87. The maximum absolute atomic E-state index is 4.60. The van der Waals surface area contributed by atoms with E-state index in [0.29, 0.717) is 21.7 Å². The predicted molar refractivity (Wildman–Crippen MR) is 87.6 cm³/mol. The van der Waals surface area contributed by atoms with Crippen LogP contribution in [0.4, 0.5) is 0 Å². The lowest BCUT2D eigenvalue weighted by Gasteiger charge is -2.04. The Morgan fingerprint density at radius 1 is 0.682 bits per heavy atom. The van der Waals surface area contributed by atoms with E-state index in [4.69, 9.17) is 0 Å². The van der Waals surface area contributed by atoms with Gasteiger partial charge in [-0.05, 0) is 24.6 Å². The molecular formula is C14H12N6S2. The van der Waals surface area contributed by atoms with Gasteiger partial charge in [-0.3, -0.25) is 4.98 Å². The quantitative estimate of drug-likeness (QED) is 0.534. The molecule has 3 rings (SSSR count). The van der Waals surface area contributed by atoms with Crippen LogP contribution in [0.3, 0.4) is 0 Å². The van der Waals surface area contributed by atoms with Crippen LogP contribution < -0.4 is 0 Å². The van der Waals surface area contributed by atoms with Crippen LogP contribution in [-0.2, 0) is 0 Å². The molecule has 22 heavy (non-hydrogen) atoms. The molecule has 3 aromatic heterocycles. The molecule has 0 N–H and O–H groups in total. The van der Waals surface area contributed by atoms with Crippen LogP contribution in [0.5, 0.6) is 0 Å². The molecule has 3 aromatic rings. The fourth-order valence-electron chi connectivity index (χ4n) is 1.78. The van der Waals surface area contributed by atoms with Gasteiger partial charge in [-0.1, -0.05) is 23.5 Å². The van der Waals surface area contributed by atoms with Crippen LogP contribution in [0.2, 0.25) is 0 Å². The van der Waals surface area contributed by atoms with Crippen molar-refractivity contribution < 1.29 is 0 Å². The highest BCUT2D eigenvalue weighted by Gasteiger charge is 2.08. The summed E-state index contributed by atoms with van der Waals surface area (Å²) in [6.07, 6.45) is 10.7. The Labute approximate surface area is 136 Å². The lowest BCUT2D eigenvalue weighted by molar-refractivity contribution is 0.960. The highest BCUT2D eigenvalue weighted by molar-refractivity contribution is 7.98. The van der Waals surface area contributed by atoms with Crippen molar-refractivity contribution in [3.63, 3.8) is 0 Å². The third-order valence-corrected chi connectivity index (χ3v) is 3.92. The molecule has 0 atom stereocenters. The standard InChI is InChI=1S/C14H12N6S2/c1-21-13-16-5-3-9(19-13)11-7-15-8-12(18-11)10-4-6-17-14(20-10)22-2/h3-8H,1-2H3. The van der Waals surface area contributed by atoms with E-state index in [-0.39, 0.29) is 0 Å². The second-order valence-electron chi connectivity index (χ2n) is 4.15. The third-order valence-electron chi connectivity index (χ3n) is 2.79. The Morgan fingerprint density at radius 2 is 1.18 bits per heavy atom. The number of rotatable bonds is 4. The molecule has 0 amide bonds. The monoisotopic (exact) mass is 328 g/mol. The summed E-state index contributed by atoms with van der Waals surface area (Å²) in [7, 11) is 0. The number of hydrogen-bond donors (Lipinski definition) is 0. The normalized spacial score (nSPS) is 10.6. The van der Waals surface area contributed by atoms with Crippen molar-refractivity contribution in [3.8, 4) is 22.8 Å². The van der Waals surface area contributed by atoms with Crippen LogP contribution in [-0.4, -0.2) is 42.4 Å². The molecule has 0 unspecified atom stereocenters. The first-order valence-electron chi connectivity index (χ1n) is 6.37. The minimum absolute atomic E-state index is 0.694. The molecule has 0 spiro atoms. The minimum atomic E-state index is 0.694. The molecule has 0 saturated carbocycles. The lowest BCUT2D eigenvalue weighted by Crippen LogP contribution is -1.96. The summed E-state index contributed by atoms with van der Waals surface area (Å²) in [4.78, 5) is 26.1. The van der Waals surface area contributed by atoms with Gasteiger partial charge in [0, 0.05) is 12.4 Å². The van der Waals surface area contributed by atoms with Crippen molar-refractivity contribution in [3.05, 3.63) is 36.9 Å². The van der Waals surface area contributed by atoms with Crippen LogP contribution in [0.15, 0.2) is 47.2 Å². The lowest BCUT2D eigenvalue weighted by atomic mass is 10.2. The van der Waals surface area contributed by atoms with Gasteiger partial charge < -0.3 is 0 Å². The number of hydrogen-bond acceptors (Lipinski definition) is 8. The van der Waals surface area contributed by atoms with Crippen LogP contribution in [0.25, 0.3) is 22.8 Å². The van der Waals surface area contributed by atoms with Crippen molar-refractivity contribution >= 4 is 23.5 Å². The number of thioether (sulfide) groups is 2. The van der Waals surface area contributed by atoms with E-state index in [2.05, 4.69) is 29.9 Å². The molecule has 8 heteroatoms. The van der Waals surface area contributed by atoms with Gasteiger partial charge in [-0.2, -0.15) is 0 Å². The highest BCUT2D eigenvalue weighted by atomic mass is 32.2. The van der Waals surface area contributed by atoms with E-state index in [1.807, 2.05) is 24.6 Å². The average Bonchev–Trinajstić information content (AvgIpc) is 2.62. The first-order valence-corrected chi connectivity index (χ1v) is 8.82. The zero-order valence-corrected chi connectivity index (χ0v) is 13.6.